The van der Waals surface area contributed by atoms with Crippen LogP contribution in [-0.4, -0.2) is 23.6 Å². The number of nitrogens with zero attached hydrogens (tertiary/aromatic N) is 3. The second kappa shape index (κ2) is 9.42. The van der Waals surface area contributed by atoms with Crippen LogP contribution < -0.4 is 27.8 Å². The molecule has 0 spiro atoms. The monoisotopic (exact) mass is 347 g/mol. The number of nitrogens with two attached hydrogens (primary N) is 4. The molecule has 10 N–H and O–H groups in total. The fourth-order valence-corrected chi connectivity index (χ4v) is 1.45. The molecule has 0 radical (unpaired) electrons. The maximum atomic E-state index is 7.38. The predicted molar refractivity (Wildman–Crippen MR) is 95.3 cm³/mol. The van der Waals surface area contributed by atoms with Gasteiger partial charge in [-0.2, -0.15) is 5.10 Å². The van der Waals surface area contributed by atoms with Crippen LogP contribution >= 0.6 is 24.8 Å². The van der Waals surface area contributed by atoms with Crippen LogP contribution in [0.3, 0.4) is 0 Å². The van der Waals surface area contributed by atoms with E-state index in [2.05, 4.69) is 10.2 Å². The Kier molecular flexibility index (Phi) is 9.33. The molecule has 0 atom stereocenters. The summed E-state index contributed by atoms with van der Waals surface area (Å²) in [6, 6.07) is 6.78. The van der Waals surface area contributed by atoms with Gasteiger partial charge in [-0.25, -0.2) is 0 Å². The Labute approximate surface area is 140 Å². The fraction of sp³-hybridized carbons (Fsp3) is 0.0909. The Morgan fingerprint density at radius 3 is 1.73 bits per heavy atom. The van der Waals surface area contributed by atoms with E-state index in [9.17, 15) is 0 Å². The third-order valence-electron chi connectivity index (χ3n) is 2.34. The molecular weight excluding hydrogens is 329 g/mol. The molecule has 0 amide bonds. The van der Waals surface area contributed by atoms with Crippen molar-refractivity contribution in [3.05, 3.63) is 29.8 Å². The number of nitrogens with one attached hydrogen (secondary N) is 2. The lowest BCUT2D eigenvalue weighted by molar-refractivity contribution is 1.19. The first kappa shape index (κ1) is 21.8. The first-order chi connectivity index (χ1) is 9.32. The minimum Gasteiger partial charge on any atom is -0.369 e. The van der Waals surface area contributed by atoms with E-state index in [0.29, 0.717) is 11.4 Å². The molecule has 0 aliphatic heterocycles. The van der Waals surface area contributed by atoms with E-state index in [1.807, 2.05) is 0 Å². The molecule has 1 aromatic rings. The topological polar surface area (TPSA) is 180 Å². The van der Waals surface area contributed by atoms with Crippen LogP contribution in [0.2, 0.25) is 0 Å². The van der Waals surface area contributed by atoms with Crippen LogP contribution in [0.4, 0.5) is 5.69 Å². The van der Waals surface area contributed by atoms with E-state index < -0.39 is 0 Å². The van der Waals surface area contributed by atoms with Gasteiger partial charge in [0.05, 0.1) is 11.4 Å². The van der Waals surface area contributed by atoms with Gasteiger partial charge in [0.25, 0.3) is 0 Å². The Morgan fingerprint density at radius 2 is 1.36 bits per heavy atom. The largest absolute Gasteiger partial charge is 0.369 e. The number of hydrogen-bond donors (Lipinski definition) is 6. The highest BCUT2D eigenvalue weighted by Crippen LogP contribution is 2.15. The predicted octanol–water partition coefficient (Wildman–Crippen LogP) is 0.121. The number of guanidine groups is 3. The zero-order chi connectivity index (χ0) is 15.3. The second-order valence-electron chi connectivity index (χ2n) is 3.86. The van der Waals surface area contributed by atoms with Crippen LogP contribution in [0.25, 0.3) is 0 Å². The number of hydrogen-bond acceptors (Lipinski definition) is 4. The summed E-state index contributed by atoms with van der Waals surface area (Å²) in [4.78, 5) is 1.09. The highest BCUT2D eigenvalue weighted by Gasteiger charge is 2.12. The quantitative estimate of drug-likeness (QED) is 0.257. The van der Waals surface area contributed by atoms with Crippen molar-refractivity contribution in [3.8, 4) is 0 Å². The average Bonchev–Trinajstić information content (AvgIpc) is 2.36. The Hall–Kier alpha value is -2.52. The number of benzene rings is 1. The van der Waals surface area contributed by atoms with Gasteiger partial charge in [-0.05, 0) is 24.6 Å². The summed E-state index contributed by atoms with van der Waals surface area (Å²) < 4.78 is 0. The lowest BCUT2D eigenvalue weighted by atomic mass is 10.1. The normalized spacial score (nSPS) is 9.77. The van der Waals surface area contributed by atoms with E-state index in [4.69, 9.17) is 33.8 Å². The molecule has 0 aliphatic rings. The van der Waals surface area contributed by atoms with E-state index in [0.717, 1.165) is 10.5 Å². The van der Waals surface area contributed by atoms with Gasteiger partial charge in [0.2, 0.25) is 5.96 Å². The molecule has 0 saturated heterocycles. The number of anilines is 1. The maximum Gasteiger partial charge on any atom is 0.211 e. The number of halogens is 2. The molecule has 22 heavy (non-hydrogen) atoms. The van der Waals surface area contributed by atoms with Gasteiger partial charge < -0.3 is 22.9 Å². The SMILES string of the molecule is C/C(=N/N=C(N)N)c1ccc(N(C(=N)N)C(=N)N)cc1.Cl.Cl. The summed E-state index contributed by atoms with van der Waals surface area (Å²) in [6.45, 7) is 1.75. The van der Waals surface area contributed by atoms with Gasteiger partial charge >= 0.3 is 0 Å². The van der Waals surface area contributed by atoms with Crippen molar-refractivity contribution in [2.45, 2.75) is 6.92 Å². The van der Waals surface area contributed by atoms with E-state index in [-0.39, 0.29) is 42.7 Å². The van der Waals surface area contributed by atoms with Crippen LogP contribution in [0.5, 0.6) is 0 Å². The van der Waals surface area contributed by atoms with Crippen LogP contribution in [0, 0.1) is 10.8 Å². The number of rotatable bonds is 3. The molecule has 1 aromatic carbocycles. The minimum atomic E-state index is -0.337. The Balaban J connectivity index is 0. The molecule has 11 heteroatoms. The van der Waals surface area contributed by atoms with Crippen LogP contribution in [-0.2, 0) is 0 Å². The van der Waals surface area contributed by atoms with Gasteiger partial charge in [-0.1, -0.05) is 12.1 Å². The molecule has 0 heterocycles. The molecule has 0 bridgehead atoms. The van der Waals surface area contributed by atoms with Crippen LogP contribution in [0.1, 0.15) is 12.5 Å². The third kappa shape index (κ3) is 5.85. The zero-order valence-electron chi connectivity index (χ0n) is 11.8. The standard InChI is InChI=1S/C11H17N9.2ClH/c1-6(18-19-9(12)13)7-2-4-8(5-3-7)20(10(14)15)11(16)17;;/h2-5H,1H3,(H3,14,15)(H3,16,17)(H4,12,13,19);2*1H/b18-6-;;. The summed E-state index contributed by atoms with van der Waals surface area (Å²) in [5.74, 6) is -0.799. The maximum absolute atomic E-state index is 7.38. The molecule has 0 aromatic heterocycles. The lowest BCUT2D eigenvalue weighted by Gasteiger charge is -2.20. The molecular formula is C11H19Cl2N9. The van der Waals surface area contributed by atoms with Crippen molar-refractivity contribution in [1.29, 1.82) is 10.8 Å². The highest BCUT2D eigenvalue weighted by atomic mass is 35.5. The fourth-order valence-electron chi connectivity index (χ4n) is 1.45. The summed E-state index contributed by atoms with van der Waals surface area (Å²) >= 11 is 0. The first-order valence-corrected chi connectivity index (χ1v) is 5.54. The summed E-state index contributed by atoms with van der Waals surface area (Å²) in [7, 11) is 0. The summed E-state index contributed by atoms with van der Waals surface area (Å²) in [5.41, 5.74) is 23.0. The van der Waals surface area contributed by atoms with Gasteiger partial charge in [-0.15, -0.1) is 29.9 Å². The van der Waals surface area contributed by atoms with E-state index >= 15 is 0 Å². The summed E-state index contributed by atoms with van der Waals surface area (Å²) in [6.07, 6.45) is 0. The Bertz CT molecular complexity index is 562. The smallest absolute Gasteiger partial charge is 0.211 e. The van der Waals surface area contributed by atoms with Gasteiger partial charge in [0.15, 0.2) is 11.9 Å². The molecule has 0 saturated carbocycles. The molecule has 0 unspecified atom stereocenters. The minimum absolute atomic E-state index is 0. The highest BCUT2D eigenvalue weighted by molar-refractivity contribution is 6.14. The Morgan fingerprint density at radius 1 is 0.909 bits per heavy atom. The molecule has 122 valence electrons. The first-order valence-electron chi connectivity index (χ1n) is 5.54. The molecule has 0 fully saturated rings. The van der Waals surface area contributed by atoms with Crippen LogP contribution in [0.15, 0.2) is 34.5 Å². The van der Waals surface area contributed by atoms with Crippen molar-refractivity contribution in [3.63, 3.8) is 0 Å². The molecule has 1 rings (SSSR count). The van der Waals surface area contributed by atoms with Crippen molar-refractivity contribution in [2.24, 2.45) is 33.1 Å². The average molecular weight is 348 g/mol. The molecule has 9 nitrogen and oxygen atoms in total. The van der Waals surface area contributed by atoms with Gasteiger partial charge in [0.1, 0.15) is 0 Å². The van der Waals surface area contributed by atoms with Crippen molar-refractivity contribution in [1.82, 2.24) is 0 Å². The molecule has 0 aliphatic carbocycles. The summed E-state index contributed by atoms with van der Waals surface area (Å²) in [5, 5.41) is 22.2. The van der Waals surface area contributed by atoms with Crippen molar-refractivity contribution >= 4 is 54.1 Å². The van der Waals surface area contributed by atoms with E-state index in [1.54, 1.807) is 31.2 Å². The van der Waals surface area contributed by atoms with Gasteiger partial charge in [-0.3, -0.25) is 15.7 Å². The third-order valence-corrected chi connectivity index (χ3v) is 2.34. The van der Waals surface area contributed by atoms with Gasteiger partial charge in [0, 0.05) is 0 Å². The van der Waals surface area contributed by atoms with Crippen molar-refractivity contribution < 1.29 is 0 Å². The van der Waals surface area contributed by atoms with Crippen molar-refractivity contribution in [2.75, 3.05) is 4.90 Å². The lowest BCUT2D eigenvalue weighted by Crippen LogP contribution is -2.45. The van der Waals surface area contributed by atoms with E-state index in [1.165, 1.54) is 0 Å². The zero-order valence-corrected chi connectivity index (χ0v) is 13.4. The second-order valence-corrected chi connectivity index (χ2v) is 3.86.